The third kappa shape index (κ3) is 3.32. The molecule has 0 amide bonds. The van der Waals surface area contributed by atoms with Crippen LogP contribution in [0.1, 0.15) is 17.2 Å². The molecule has 0 fully saturated rings. The van der Waals surface area contributed by atoms with Crippen LogP contribution < -0.4 is 0 Å². The summed E-state index contributed by atoms with van der Waals surface area (Å²) in [5, 5.41) is 5.05. The highest BCUT2D eigenvalue weighted by atomic mass is 35.5. The maximum Gasteiger partial charge on any atom is 0.137 e. The molecule has 4 rings (SSSR count). The zero-order valence-corrected chi connectivity index (χ0v) is 14.2. The van der Waals surface area contributed by atoms with Crippen molar-refractivity contribution in [3.05, 3.63) is 108 Å². The van der Waals surface area contributed by atoms with Gasteiger partial charge in [-0.2, -0.15) is 5.10 Å². The fourth-order valence-corrected chi connectivity index (χ4v) is 3.21. The van der Waals surface area contributed by atoms with Crippen LogP contribution in [0.15, 0.2) is 91.5 Å². The fraction of sp³-hybridized carbons (Fsp3) is 0.0476. The monoisotopic (exact) mass is 345 g/mol. The van der Waals surface area contributed by atoms with Gasteiger partial charge in [0.15, 0.2) is 0 Å². The molecule has 0 bridgehead atoms. The molecule has 1 aromatic heterocycles. The van der Waals surface area contributed by atoms with Gasteiger partial charge < -0.3 is 0 Å². The molecule has 0 spiro atoms. The van der Waals surface area contributed by atoms with Crippen molar-refractivity contribution in [1.29, 1.82) is 0 Å². The lowest BCUT2D eigenvalue weighted by atomic mass is 9.96. The van der Waals surface area contributed by atoms with Crippen LogP contribution in [0.2, 0.25) is 5.02 Å². The molecule has 1 heterocycles. The molecule has 1 unspecified atom stereocenters. The highest BCUT2D eigenvalue weighted by Gasteiger charge is 2.17. The molecular formula is C21H16ClN3. The maximum absolute atomic E-state index is 6.20. The molecule has 3 aromatic carbocycles. The molecule has 4 heteroatoms. The van der Waals surface area contributed by atoms with Gasteiger partial charge in [0.2, 0.25) is 0 Å². The van der Waals surface area contributed by atoms with Gasteiger partial charge in [-0.05, 0) is 34.4 Å². The first-order chi connectivity index (χ1) is 12.3. The minimum absolute atomic E-state index is 0.0639. The Morgan fingerprint density at radius 3 is 2.20 bits per heavy atom. The Bertz CT molecular complexity index is 948. The van der Waals surface area contributed by atoms with Crippen LogP contribution in [0.3, 0.4) is 0 Å². The number of hydrogen-bond acceptors (Lipinski definition) is 2. The van der Waals surface area contributed by atoms with E-state index in [1.54, 1.807) is 12.7 Å². The van der Waals surface area contributed by atoms with Gasteiger partial charge in [0.05, 0.1) is 0 Å². The summed E-state index contributed by atoms with van der Waals surface area (Å²) in [7, 11) is 0. The lowest BCUT2D eigenvalue weighted by molar-refractivity contribution is 0.594. The first kappa shape index (κ1) is 15.6. The largest absolute Gasteiger partial charge is 0.241 e. The van der Waals surface area contributed by atoms with Gasteiger partial charge in [-0.1, -0.05) is 78.3 Å². The molecule has 0 aliphatic carbocycles. The van der Waals surface area contributed by atoms with Crippen LogP contribution in [0.4, 0.5) is 0 Å². The number of benzene rings is 3. The molecule has 0 saturated heterocycles. The van der Waals surface area contributed by atoms with Gasteiger partial charge in [-0.25, -0.2) is 9.67 Å². The van der Waals surface area contributed by atoms with Crippen molar-refractivity contribution >= 4 is 11.6 Å². The topological polar surface area (TPSA) is 30.7 Å². The fourth-order valence-electron chi connectivity index (χ4n) is 3.01. The molecule has 25 heavy (non-hydrogen) atoms. The average Bonchev–Trinajstić information content (AvgIpc) is 3.18. The van der Waals surface area contributed by atoms with E-state index in [1.165, 1.54) is 11.1 Å². The lowest BCUT2D eigenvalue weighted by Gasteiger charge is -2.19. The Balaban J connectivity index is 1.75. The maximum atomic E-state index is 6.20. The Morgan fingerprint density at radius 2 is 1.52 bits per heavy atom. The molecule has 0 aliphatic rings. The van der Waals surface area contributed by atoms with Crippen LogP contribution in [-0.2, 0) is 0 Å². The van der Waals surface area contributed by atoms with E-state index in [0.717, 1.165) is 11.1 Å². The number of nitrogens with zero attached hydrogens (tertiary/aromatic N) is 3. The normalized spacial score (nSPS) is 12.0. The van der Waals surface area contributed by atoms with E-state index >= 15 is 0 Å². The van der Waals surface area contributed by atoms with E-state index in [2.05, 4.69) is 52.5 Å². The standard InChI is InChI=1S/C21H16ClN3/c22-20-8-4-7-19(13-20)21(25-15-23-14-24-25)18-11-9-17(10-12-18)16-5-2-1-3-6-16/h1-15,21H. The summed E-state index contributed by atoms with van der Waals surface area (Å²) in [6.45, 7) is 0. The van der Waals surface area contributed by atoms with Gasteiger partial charge in [-0.3, -0.25) is 0 Å². The summed E-state index contributed by atoms with van der Waals surface area (Å²) in [6, 6.07) is 26.7. The van der Waals surface area contributed by atoms with Crippen LogP contribution in [0.25, 0.3) is 11.1 Å². The zero-order valence-electron chi connectivity index (χ0n) is 13.5. The second-order valence-corrected chi connectivity index (χ2v) is 6.26. The zero-order chi connectivity index (χ0) is 17.1. The Morgan fingerprint density at radius 1 is 0.760 bits per heavy atom. The van der Waals surface area contributed by atoms with Crippen molar-refractivity contribution in [3.63, 3.8) is 0 Å². The molecule has 3 nitrogen and oxygen atoms in total. The molecule has 0 radical (unpaired) electrons. The molecule has 1 atom stereocenters. The minimum atomic E-state index is -0.0639. The second-order valence-electron chi connectivity index (χ2n) is 5.82. The van der Waals surface area contributed by atoms with Crippen LogP contribution in [0.5, 0.6) is 0 Å². The van der Waals surface area contributed by atoms with Crippen molar-refractivity contribution in [1.82, 2.24) is 14.8 Å². The van der Waals surface area contributed by atoms with E-state index in [9.17, 15) is 0 Å². The quantitative estimate of drug-likeness (QED) is 0.506. The van der Waals surface area contributed by atoms with Crippen molar-refractivity contribution in [3.8, 4) is 11.1 Å². The summed E-state index contributed by atoms with van der Waals surface area (Å²) in [6.07, 6.45) is 3.28. The van der Waals surface area contributed by atoms with E-state index < -0.39 is 0 Å². The van der Waals surface area contributed by atoms with E-state index in [-0.39, 0.29) is 6.04 Å². The smallest absolute Gasteiger partial charge is 0.137 e. The highest BCUT2D eigenvalue weighted by molar-refractivity contribution is 6.30. The van der Waals surface area contributed by atoms with Crippen LogP contribution in [-0.4, -0.2) is 14.8 Å². The summed E-state index contributed by atoms with van der Waals surface area (Å²) in [5.74, 6) is 0. The number of halogens is 1. The van der Waals surface area contributed by atoms with Gasteiger partial charge in [-0.15, -0.1) is 0 Å². The third-order valence-electron chi connectivity index (χ3n) is 4.20. The Kier molecular flexibility index (Phi) is 4.32. The molecule has 4 aromatic rings. The second kappa shape index (κ2) is 6.91. The minimum Gasteiger partial charge on any atom is -0.241 e. The van der Waals surface area contributed by atoms with Crippen LogP contribution in [0, 0.1) is 0 Å². The Hall–Kier alpha value is -2.91. The molecule has 0 saturated carbocycles. The SMILES string of the molecule is Clc1cccc(C(c2ccc(-c3ccccc3)cc2)n2cncn2)c1. The van der Waals surface area contributed by atoms with E-state index in [1.807, 2.05) is 41.1 Å². The van der Waals surface area contributed by atoms with Crippen molar-refractivity contribution < 1.29 is 0 Å². The molecule has 0 aliphatic heterocycles. The van der Waals surface area contributed by atoms with E-state index in [0.29, 0.717) is 5.02 Å². The number of hydrogen-bond donors (Lipinski definition) is 0. The van der Waals surface area contributed by atoms with Crippen LogP contribution >= 0.6 is 11.6 Å². The van der Waals surface area contributed by atoms with Crippen molar-refractivity contribution in [2.24, 2.45) is 0 Å². The van der Waals surface area contributed by atoms with E-state index in [4.69, 9.17) is 11.6 Å². The average molecular weight is 346 g/mol. The number of aromatic nitrogens is 3. The predicted octanol–water partition coefficient (Wildman–Crippen LogP) is 5.24. The van der Waals surface area contributed by atoms with Crippen molar-refractivity contribution in [2.45, 2.75) is 6.04 Å². The first-order valence-corrected chi connectivity index (χ1v) is 8.44. The van der Waals surface area contributed by atoms with Gasteiger partial charge >= 0.3 is 0 Å². The molecular weight excluding hydrogens is 330 g/mol. The first-order valence-electron chi connectivity index (χ1n) is 8.06. The number of rotatable bonds is 4. The molecule has 0 N–H and O–H groups in total. The summed E-state index contributed by atoms with van der Waals surface area (Å²) in [4.78, 5) is 4.10. The summed E-state index contributed by atoms with van der Waals surface area (Å²) in [5.41, 5.74) is 4.60. The predicted molar refractivity (Wildman–Crippen MR) is 101 cm³/mol. The Labute approximate surface area is 151 Å². The van der Waals surface area contributed by atoms with Crippen molar-refractivity contribution in [2.75, 3.05) is 0 Å². The van der Waals surface area contributed by atoms with Gasteiger partial charge in [0.1, 0.15) is 18.7 Å². The van der Waals surface area contributed by atoms with Gasteiger partial charge in [0.25, 0.3) is 0 Å². The molecule has 122 valence electrons. The summed E-state index contributed by atoms with van der Waals surface area (Å²) >= 11 is 6.20. The third-order valence-corrected chi connectivity index (χ3v) is 4.43. The lowest BCUT2D eigenvalue weighted by Crippen LogP contribution is -2.12. The van der Waals surface area contributed by atoms with Gasteiger partial charge in [0, 0.05) is 5.02 Å². The highest BCUT2D eigenvalue weighted by Crippen LogP contribution is 2.29. The summed E-state index contributed by atoms with van der Waals surface area (Å²) < 4.78 is 1.85.